The highest BCUT2D eigenvalue weighted by Gasteiger charge is 2.48. The van der Waals surface area contributed by atoms with Gasteiger partial charge in [0.2, 0.25) is 23.1 Å². The maximum absolute atomic E-state index is 12.5. The van der Waals surface area contributed by atoms with Crippen LogP contribution in [0, 0.1) is 5.92 Å². The van der Waals surface area contributed by atoms with Crippen molar-refractivity contribution in [3.63, 3.8) is 0 Å². The summed E-state index contributed by atoms with van der Waals surface area (Å²) in [5.41, 5.74) is 1.15. The van der Waals surface area contributed by atoms with Crippen molar-refractivity contribution in [3.8, 4) is 0 Å². The fourth-order valence-electron chi connectivity index (χ4n) is 3.47. The van der Waals surface area contributed by atoms with Gasteiger partial charge in [0.05, 0.1) is 0 Å². The van der Waals surface area contributed by atoms with Crippen LogP contribution in [0.15, 0.2) is 78.9 Å². The van der Waals surface area contributed by atoms with Gasteiger partial charge in [-0.05, 0) is 28.0 Å². The number of fused-ring (bicyclic) bond motifs is 1. The first-order valence-corrected chi connectivity index (χ1v) is 8.94. The predicted octanol–water partition coefficient (Wildman–Crippen LogP) is 3.54. The SMILES string of the molecule is O=C1C(=O)C(c2ccccc2)C(=O)C(=O)C1C=Cc1ccc2ccccc2c1. The third kappa shape index (κ3) is 3.09. The molecular formula is C24H16O4. The molecule has 0 atom stereocenters. The van der Waals surface area contributed by atoms with E-state index in [-0.39, 0.29) is 0 Å². The Hall–Kier alpha value is -3.66. The lowest BCUT2D eigenvalue weighted by Gasteiger charge is -2.22. The molecule has 0 unspecified atom stereocenters. The minimum absolute atomic E-state index is 0.371. The minimum atomic E-state index is -1.36. The number of hydrogen-bond acceptors (Lipinski definition) is 4. The van der Waals surface area contributed by atoms with Crippen molar-refractivity contribution in [1.29, 1.82) is 0 Å². The van der Waals surface area contributed by atoms with Gasteiger partial charge in [-0.15, -0.1) is 0 Å². The summed E-state index contributed by atoms with van der Waals surface area (Å²) in [6.45, 7) is 0. The molecule has 1 aliphatic rings. The van der Waals surface area contributed by atoms with Gasteiger partial charge in [-0.2, -0.15) is 0 Å². The van der Waals surface area contributed by atoms with Gasteiger partial charge < -0.3 is 0 Å². The normalized spacial score (nSPS) is 20.3. The Labute approximate surface area is 161 Å². The second-order valence-corrected chi connectivity index (χ2v) is 6.74. The van der Waals surface area contributed by atoms with Crippen LogP contribution in [0.5, 0.6) is 0 Å². The monoisotopic (exact) mass is 368 g/mol. The van der Waals surface area contributed by atoms with Gasteiger partial charge in [0, 0.05) is 0 Å². The van der Waals surface area contributed by atoms with Gasteiger partial charge in [0.15, 0.2) is 0 Å². The number of hydrogen-bond donors (Lipinski definition) is 0. The highest BCUT2D eigenvalue weighted by molar-refractivity contribution is 6.62. The first-order chi connectivity index (χ1) is 13.6. The fourth-order valence-corrected chi connectivity index (χ4v) is 3.47. The van der Waals surface area contributed by atoms with Crippen LogP contribution in [0.4, 0.5) is 0 Å². The summed E-state index contributed by atoms with van der Waals surface area (Å²) < 4.78 is 0. The van der Waals surface area contributed by atoms with E-state index in [0.717, 1.165) is 16.3 Å². The van der Waals surface area contributed by atoms with Crippen LogP contribution in [-0.4, -0.2) is 23.1 Å². The molecule has 1 saturated carbocycles. The zero-order chi connectivity index (χ0) is 19.7. The second-order valence-electron chi connectivity index (χ2n) is 6.74. The average molecular weight is 368 g/mol. The molecule has 3 aromatic rings. The largest absolute Gasteiger partial charge is 0.290 e. The summed E-state index contributed by atoms with van der Waals surface area (Å²) >= 11 is 0. The highest BCUT2D eigenvalue weighted by Crippen LogP contribution is 2.28. The summed E-state index contributed by atoms with van der Waals surface area (Å²) in [5.74, 6) is -6.02. The van der Waals surface area contributed by atoms with Crippen LogP contribution in [0.25, 0.3) is 16.8 Å². The second kappa shape index (κ2) is 7.16. The average Bonchev–Trinajstić information content (AvgIpc) is 2.73. The van der Waals surface area contributed by atoms with Crippen LogP contribution < -0.4 is 0 Å². The van der Waals surface area contributed by atoms with Crippen molar-refractivity contribution in [3.05, 3.63) is 90.0 Å². The molecule has 0 saturated heterocycles. The Morgan fingerprint density at radius 2 is 1.21 bits per heavy atom. The van der Waals surface area contributed by atoms with Crippen LogP contribution >= 0.6 is 0 Å². The van der Waals surface area contributed by atoms with E-state index >= 15 is 0 Å². The summed E-state index contributed by atoms with van der Waals surface area (Å²) in [6, 6.07) is 21.7. The molecule has 0 aliphatic heterocycles. The standard InChI is InChI=1S/C24H16O4/c25-21-19(13-11-15-10-12-16-6-4-5-9-18(16)14-15)22(26)24(28)20(23(21)27)17-7-2-1-3-8-17/h1-14,19-20H. The Kier molecular flexibility index (Phi) is 4.53. The van der Waals surface area contributed by atoms with Crippen LogP contribution in [0.1, 0.15) is 17.0 Å². The summed E-state index contributed by atoms with van der Waals surface area (Å²) in [6.07, 6.45) is 2.96. The molecule has 28 heavy (non-hydrogen) atoms. The Morgan fingerprint density at radius 1 is 0.607 bits per heavy atom. The van der Waals surface area contributed by atoms with Crippen LogP contribution in [-0.2, 0) is 19.2 Å². The van der Waals surface area contributed by atoms with E-state index < -0.39 is 35.0 Å². The molecule has 1 aliphatic carbocycles. The molecule has 0 spiro atoms. The third-order valence-electron chi connectivity index (χ3n) is 4.96. The first-order valence-electron chi connectivity index (χ1n) is 8.94. The maximum Gasteiger partial charge on any atom is 0.214 e. The number of rotatable bonds is 3. The molecule has 0 radical (unpaired) electrons. The van der Waals surface area contributed by atoms with E-state index in [1.807, 2.05) is 42.5 Å². The molecule has 4 heteroatoms. The summed E-state index contributed by atoms with van der Waals surface area (Å²) in [4.78, 5) is 50.1. The third-order valence-corrected chi connectivity index (χ3v) is 4.96. The lowest BCUT2D eigenvalue weighted by molar-refractivity contribution is -0.151. The van der Waals surface area contributed by atoms with Crippen molar-refractivity contribution in [2.75, 3.05) is 0 Å². The zero-order valence-electron chi connectivity index (χ0n) is 14.9. The van der Waals surface area contributed by atoms with Gasteiger partial charge in [-0.1, -0.05) is 78.9 Å². The molecular weight excluding hydrogens is 352 g/mol. The molecule has 0 amide bonds. The maximum atomic E-state index is 12.5. The van der Waals surface area contributed by atoms with Crippen molar-refractivity contribution >= 4 is 40.0 Å². The number of ketones is 4. The number of allylic oxidation sites excluding steroid dienone is 1. The van der Waals surface area contributed by atoms with Gasteiger partial charge in [0.25, 0.3) is 0 Å². The number of benzene rings is 3. The first kappa shape index (κ1) is 17.7. The lowest BCUT2D eigenvalue weighted by Crippen LogP contribution is -2.46. The number of carbonyl (C=O) groups excluding carboxylic acids is 4. The van der Waals surface area contributed by atoms with Crippen LogP contribution in [0.2, 0.25) is 0 Å². The minimum Gasteiger partial charge on any atom is -0.290 e. The van der Waals surface area contributed by atoms with Gasteiger partial charge in [-0.3, -0.25) is 19.2 Å². The Morgan fingerprint density at radius 3 is 1.89 bits per heavy atom. The summed E-state index contributed by atoms with van der Waals surface area (Å²) in [7, 11) is 0. The molecule has 0 N–H and O–H groups in total. The molecule has 0 heterocycles. The number of Topliss-reactive ketones (excluding diaryl/α,β-unsaturated/α-hetero) is 4. The molecule has 1 fully saturated rings. The molecule has 4 rings (SSSR count). The smallest absolute Gasteiger partial charge is 0.214 e. The topological polar surface area (TPSA) is 68.3 Å². The Bertz CT molecular complexity index is 1110. The molecule has 3 aromatic carbocycles. The van der Waals surface area contributed by atoms with E-state index in [9.17, 15) is 19.2 Å². The van der Waals surface area contributed by atoms with Gasteiger partial charge in [-0.25, -0.2) is 0 Å². The van der Waals surface area contributed by atoms with E-state index in [4.69, 9.17) is 0 Å². The van der Waals surface area contributed by atoms with Crippen molar-refractivity contribution in [1.82, 2.24) is 0 Å². The quantitative estimate of drug-likeness (QED) is 0.524. The van der Waals surface area contributed by atoms with Crippen molar-refractivity contribution < 1.29 is 19.2 Å². The van der Waals surface area contributed by atoms with Gasteiger partial charge in [0.1, 0.15) is 11.8 Å². The zero-order valence-corrected chi connectivity index (χ0v) is 14.9. The molecule has 136 valence electrons. The molecule has 0 bridgehead atoms. The Balaban J connectivity index is 1.62. The van der Waals surface area contributed by atoms with Crippen LogP contribution in [0.3, 0.4) is 0 Å². The molecule has 0 aromatic heterocycles. The van der Waals surface area contributed by atoms with E-state index in [0.29, 0.717) is 5.56 Å². The van der Waals surface area contributed by atoms with Gasteiger partial charge >= 0.3 is 0 Å². The summed E-state index contributed by atoms with van der Waals surface area (Å²) in [5, 5.41) is 2.09. The highest BCUT2D eigenvalue weighted by atomic mass is 16.2. The lowest BCUT2D eigenvalue weighted by atomic mass is 9.75. The van der Waals surface area contributed by atoms with E-state index in [2.05, 4.69) is 0 Å². The van der Waals surface area contributed by atoms with E-state index in [1.54, 1.807) is 36.4 Å². The van der Waals surface area contributed by atoms with E-state index in [1.165, 1.54) is 6.08 Å². The number of carbonyl (C=O) groups is 4. The predicted molar refractivity (Wildman–Crippen MR) is 106 cm³/mol. The van der Waals surface area contributed by atoms with Crippen molar-refractivity contribution in [2.24, 2.45) is 5.92 Å². The molecule has 4 nitrogen and oxygen atoms in total. The van der Waals surface area contributed by atoms with Crippen molar-refractivity contribution in [2.45, 2.75) is 5.92 Å². The fraction of sp³-hybridized carbons (Fsp3) is 0.0833.